The summed E-state index contributed by atoms with van der Waals surface area (Å²) in [5, 5.41) is 15.3. The van der Waals surface area contributed by atoms with Gasteiger partial charge in [-0.15, -0.1) is 16.4 Å². The Bertz CT molecular complexity index is 1490. The van der Waals surface area contributed by atoms with E-state index in [2.05, 4.69) is 5.10 Å². The smallest absolute Gasteiger partial charge is 0.349 e. The van der Waals surface area contributed by atoms with Crippen LogP contribution in [0.3, 0.4) is 0 Å². The number of ether oxygens (including phenoxy) is 1. The molecule has 0 unspecified atom stereocenters. The molecule has 154 valence electrons. The molecule has 0 aliphatic carbocycles. The van der Waals surface area contributed by atoms with Crippen molar-refractivity contribution in [2.45, 2.75) is 0 Å². The molecule has 9 nitrogen and oxygen atoms in total. The molecule has 0 spiro atoms. The number of H-pyrrole nitrogens is 1. The lowest BCUT2D eigenvalue weighted by molar-refractivity contribution is 0.478. The molecule has 0 aliphatic rings. The summed E-state index contributed by atoms with van der Waals surface area (Å²) in [5.41, 5.74) is -2.39. The van der Waals surface area contributed by atoms with Crippen molar-refractivity contribution < 1.29 is 4.74 Å². The predicted octanol–water partition coefficient (Wildman–Crippen LogP) is 3.10. The van der Waals surface area contributed by atoms with Crippen molar-refractivity contribution in [2.24, 2.45) is 0 Å². The summed E-state index contributed by atoms with van der Waals surface area (Å²) in [6.07, 6.45) is 1.50. The summed E-state index contributed by atoms with van der Waals surface area (Å²) in [6, 6.07) is 10.7. The number of halogens is 2. The maximum atomic E-state index is 12.1. The Morgan fingerprint density at radius 1 is 1.13 bits per heavy atom. The zero-order valence-electron chi connectivity index (χ0n) is 15.2. The van der Waals surface area contributed by atoms with Gasteiger partial charge in [-0.2, -0.15) is 9.94 Å². The predicted molar refractivity (Wildman–Crippen MR) is 115 cm³/mol. The third-order valence-corrected chi connectivity index (χ3v) is 5.44. The van der Waals surface area contributed by atoms with E-state index in [1.54, 1.807) is 12.1 Å². The van der Waals surface area contributed by atoms with E-state index in [4.69, 9.17) is 33.2 Å². The highest BCUT2D eigenvalue weighted by Gasteiger charge is 2.15. The number of aromatic nitrogens is 4. The maximum absolute atomic E-state index is 12.1. The Balaban J connectivity index is 1.74. The number of nitriles is 1. The lowest BCUT2D eigenvalue weighted by Crippen LogP contribution is -2.33. The minimum Gasteiger partial charge on any atom is -0.453 e. The molecule has 4 rings (SSSR count). The largest absolute Gasteiger partial charge is 0.453 e. The fourth-order valence-electron chi connectivity index (χ4n) is 2.64. The summed E-state index contributed by atoms with van der Waals surface area (Å²) in [7, 11) is 0. The van der Waals surface area contributed by atoms with Gasteiger partial charge in [0.1, 0.15) is 16.8 Å². The second kappa shape index (κ2) is 8.23. The fraction of sp³-hybridized carbons (Fsp3) is 0. The van der Waals surface area contributed by atoms with E-state index in [1.165, 1.54) is 46.4 Å². The average Bonchev–Trinajstić information content (AvgIpc) is 3.26. The van der Waals surface area contributed by atoms with Crippen LogP contribution in [0.5, 0.6) is 11.5 Å². The molecule has 0 aliphatic heterocycles. The van der Waals surface area contributed by atoms with Crippen molar-refractivity contribution in [1.29, 1.82) is 5.26 Å². The van der Waals surface area contributed by atoms with E-state index in [1.807, 2.05) is 16.4 Å². The van der Waals surface area contributed by atoms with E-state index < -0.39 is 16.9 Å². The van der Waals surface area contributed by atoms with E-state index in [0.29, 0.717) is 10.8 Å². The third-order valence-electron chi connectivity index (χ3n) is 4.01. The molecule has 3 aromatic heterocycles. The molecule has 0 amide bonds. The van der Waals surface area contributed by atoms with Crippen LogP contribution < -0.4 is 21.5 Å². The van der Waals surface area contributed by atoms with Crippen molar-refractivity contribution >= 4 is 34.5 Å². The second-order valence-corrected chi connectivity index (χ2v) is 7.74. The van der Waals surface area contributed by atoms with Crippen molar-refractivity contribution in [1.82, 2.24) is 19.3 Å². The van der Waals surface area contributed by atoms with Crippen LogP contribution in [0.1, 0.15) is 5.69 Å². The normalized spacial score (nSPS) is 10.6. The minimum absolute atomic E-state index is 0.0368. The van der Waals surface area contributed by atoms with Crippen LogP contribution in [0.15, 0.2) is 62.4 Å². The zero-order valence-corrected chi connectivity index (χ0v) is 17.5. The van der Waals surface area contributed by atoms with Gasteiger partial charge in [0.15, 0.2) is 5.75 Å². The van der Waals surface area contributed by atoms with Crippen LogP contribution in [-0.2, 0) is 0 Å². The SMILES string of the molecule is N#Cc1nn(-c2cc(Cl)c(Oc3ccc(=O)n(-c4cccs4)c3)c(Cl)c2)c(=O)[nH]c1=O. The summed E-state index contributed by atoms with van der Waals surface area (Å²) >= 11 is 14.0. The molecule has 0 atom stereocenters. The molecule has 12 heteroatoms. The molecule has 4 aromatic rings. The molecule has 31 heavy (non-hydrogen) atoms. The summed E-state index contributed by atoms with van der Waals surface area (Å²) in [5.74, 6) is 0.386. The number of pyridine rings is 1. The lowest BCUT2D eigenvalue weighted by atomic mass is 10.3. The summed E-state index contributed by atoms with van der Waals surface area (Å²) in [6.45, 7) is 0. The first-order chi connectivity index (χ1) is 14.9. The number of thiophene rings is 1. The second-order valence-electron chi connectivity index (χ2n) is 6.00. The van der Waals surface area contributed by atoms with Gasteiger partial charge in [0, 0.05) is 6.07 Å². The van der Waals surface area contributed by atoms with Gasteiger partial charge in [0.2, 0.25) is 5.69 Å². The molecular weight excluding hydrogens is 465 g/mol. The highest BCUT2D eigenvalue weighted by molar-refractivity contribution is 7.12. The Morgan fingerprint density at radius 3 is 2.52 bits per heavy atom. The van der Waals surface area contributed by atoms with E-state index in [9.17, 15) is 14.4 Å². The molecule has 0 saturated heterocycles. The number of nitrogens with zero attached hydrogens (tertiary/aromatic N) is 4. The van der Waals surface area contributed by atoms with Crippen LogP contribution in [0, 0.1) is 11.3 Å². The number of benzene rings is 1. The van der Waals surface area contributed by atoms with Crippen LogP contribution in [0.25, 0.3) is 10.7 Å². The first-order valence-corrected chi connectivity index (χ1v) is 10.1. The monoisotopic (exact) mass is 473 g/mol. The molecule has 1 N–H and O–H groups in total. The summed E-state index contributed by atoms with van der Waals surface area (Å²) < 4.78 is 7.99. The van der Waals surface area contributed by atoms with Gasteiger partial charge in [-0.25, -0.2) is 4.79 Å². The standard InChI is InChI=1S/C19H9Cl2N5O4S/c20-12-6-10(26-19(29)23-18(28)14(8-22)24-26)7-13(21)17(12)30-11-3-4-15(27)25(9-11)16-2-1-5-31-16/h1-7,9H,(H,23,28,29). The number of hydrogen-bond acceptors (Lipinski definition) is 7. The molecule has 0 bridgehead atoms. The topological polar surface area (TPSA) is 123 Å². The highest BCUT2D eigenvalue weighted by atomic mass is 35.5. The third kappa shape index (κ3) is 4.02. The first kappa shape index (κ1) is 20.6. The van der Waals surface area contributed by atoms with Gasteiger partial charge in [-0.1, -0.05) is 23.2 Å². The molecule has 0 saturated carbocycles. The maximum Gasteiger partial charge on any atom is 0.349 e. The quantitative estimate of drug-likeness (QED) is 0.485. The average molecular weight is 474 g/mol. The number of rotatable bonds is 4. The number of hydrogen-bond donors (Lipinski definition) is 1. The van der Waals surface area contributed by atoms with Gasteiger partial charge in [0.05, 0.1) is 21.9 Å². The van der Waals surface area contributed by atoms with Crippen molar-refractivity contribution in [3.63, 3.8) is 0 Å². The Hall–Kier alpha value is -3.65. The van der Waals surface area contributed by atoms with Crippen molar-refractivity contribution in [3.05, 3.63) is 94.9 Å². The molecule has 0 radical (unpaired) electrons. The fourth-order valence-corrected chi connectivity index (χ4v) is 3.90. The number of aromatic amines is 1. The molecule has 1 aromatic carbocycles. The Kier molecular flexibility index (Phi) is 5.48. The van der Waals surface area contributed by atoms with Gasteiger partial charge >= 0.3 is 5.69 Å². The Morgan fingerprint density at radius 2 is 1.87 bits per heavy atom. The zero-order chi connectivity index (χ0) is 22.1. The van der Waals surface area contributed by atoms with Crippen molar-refractivity contribution in [3.8, 4) is 28.3 Å². The van der Waals surface area contributed by atoms with Crippen LogP contribution >= 0.6 is 34.5 Å². The van der Waals surface area contributed by atoms with Crippen LogP contribution in [-0.4, -0.2) is 19.3 Å². The summed E-state index contributed by atoms with van der Waals surface area (Å²) in [4.78, 5) is 37.7. The first-order valence-electron chi connectivity index (χ1n) is 8.45. The van der Waals surface area contributed by atoms with Gasteiger partial charge in [0.25, 0.3) is 11.1 Å². The number of nitrogens with one attached hydrogen (secondary N) is 1. The van der Waals surface area contributed by atoms with Crippen LogP contribution in [0.2, 0.25) is 10.0 Å². The lowest BCUT2D eigenvalue weighted by Gasteiger charge is -2.13. The minimum atomic E-state index is -0.901. The van der Waals surface area contributed by atoms with Gasteiger partial charge < -0.3 is 4.74 Å². The van der Waals surface area contributed by atoms with Crippen LogP contribution in [0.4, 0.5) is 0 Å². The molecular formula is C19H9Cl2N5O4S. The van der Waals surface area contributed by atoms with E-state index in [0.717, 1.165) is 4.68 Å². The molecule has 3 heterocycles. The highest BCUT2D eigenvalue weighted by Crippen LogP contribution is 2.38. The van der Waals surface area contributed by atoms with Gasteiger partial charge in [-0.3, -0.25) is 19.1 Å². The van der Waals surface area contributed by atoms with Gasteiger partial charge in [-0.05, 0) is 35.7 Å². The van der Waals surface area contributed by atoms with E-state index in [-0.39, 0.29) is 27.0 Å². The Labute approximate surface area is 186 Å². The molecule has 0 fully saturated rings. The van der Waals surface area contributed by atoms with Crippen molar-refractivity contribution in [2.75, 3.05) is 0 Å². The van der Waals surface area contributed by atoms with E-state index >= 15 is 0 Å².